The number of hydrogen-bond acceptors (Lipinski definition) is 4. The minimum absolute atomic E-state index is 0.107. The van der Waals surface area contributed by atoms with E-state index < -0.39 is 40.2 Å². The first-order valence-electron chi connectivity index (χ1n) is 11.8. The summed E-state index contributed by atoms with van der Waals surface area (Å²) in [6, 6.07) is 17.8. The summed E-state index contributed by atoms with van der Waals surface area (Å²) in [6.07, 6.45) is 1.11. The van der Waals surface area contributed by atoms with Crippen LogP contribution in [0.1, 0.15) is 18.1 Å². The Hall–Kier alpha value is -3.14. The minimum Gasteiger partial charge on any atom is -0.355 e. The molecule has 3 aromatic carbocycles. The van der Waals surface area contributed by atoms with E-state index in [1.165, 1.54) is 17.0 Å². The molecule has 0 fully saturated rings. The number of nitrogens with one attached hydrogen (secondary N) is 1. The van der Waals surface area contributed by atoms with E-state index in [-0.39, 0.29) is 18.7 Å². The molecule has 0 aliphatic carbocycles. The smallest absolute Gasteiger partial charge is 0.244 e. The standard InChI is InChI=1S/C27H28Cl2FN3O4S/c1-3-31-27(35)25(16-19-8-5-4-6-9-19)32(17-22-23(28)10-7-11-24(22)29)26(34)18-33(38(2,36)37)21-14-12-20(30)13-15-21/h4-15,25H,3,16-18H2,1-2H3,(H,31,35)/t25-/m1/s1. The molecule has 3 rings (SSSR count). The zero-order chi connectivity index (χ0) is 27.9. The quantitative estimate of drug-likeness (QED) is 0.357. The molecule has 202 valence electrons. The maximum atomic E-state index is 13.9. The SMILES string of the molecule is CCNC(=O)[C@@H](Cc1ccccc1)N(Cc1c(Cl)cccc1Cl)C(=O)CN(c1ccc(F)cc1)S(C)(=O)=O. The van der Waals surface area contributed by atoms with Crippen molar-refractivity contribution in [1.29, 1.82) is 0 Å². The largest absolute Gasteiger partial charge is 0.355 e. The van der Waals surface area contributed by atoms with Gasteiger partial charge < -0.3 is 10.2 Å². The molecule has 11 heteroatoms. The van der Waals surface area contributed by atoms with Gasteiger partial charge in [-0.15, -0.1) is 0 Å². The van der Waals surface area contributed by atoms with E-state index in [2.05, 4.69) is 5.32 Å². The Labute approximate surface area is 232 Å². The molecule has 0 aliphatic rings. The van der Waals surface area contributed by atoms with Crippen LogP contribution in [-0.4, -0.2) is 50.5 Å². The number of anilines is 1. The van der Waals surface area contributed by atoms with Crippen LogP contribution in [0, 0.1) is 5.82 Å². The third kappa shape index (κ3) is 7.69. The van der Waals surface area contributed by atoms with Crippen LogP contribution >= 0.6 is 23.2 Å². The number of hydrogen-bond donors (Lipinski definition) is 1. The molecule has 1 atom stereocenters. The lowest BCUT2D eigenvalue weighted by Crippen LogP contribution is -2.53. The zero-order valence-electron chi connectivity index (χ0n) is 20.9. The van der Waals surface area contributed by atoms with E-state index in [1.807, 2.05) is 30.3 Å². The average molecular weight is 581 g/mol. The maximum Gasteiger partial charge on any atom is 0.244 e. The topological polar surface area (TPSA) is 86.8 Å². The molecule has 0 saturated heterocycles. The highest BCUT2D eigenvalue weighted by molar-refractivity contribution is 7.92. The molecule has 38 heavy (non-hydrogen) atoms. The van der Waals surface area contributed by atoms with Gasteiger partial charge >= 0.3 is 0 Å². The highest BCUT2D eigenvalue weighted by atomic mass is 35.5. The average Bonchev–Trinajstić information content (AvgIpc) is 2.87. The van der Waals surface area contributed by atoms with Crippen LogP contribution in [0.15, 0.2) is 72.8 Å². The van der Waals surface area contributed by atoms with E-state index in [0.29, 0.717) is 22.2 Å². The number of amides is 2. The van der Waals surface area contributed by atoms with E-state index in [1.54, 1.807) is 25.1 Å². The van der Waals surface area contributed by atoms with Crippen LogP contribution < -0.4 is 9.62 Å². The van der Waals surface area contributed by atoms with Gasteiger partial charge in [-0.2, -0.15) is 0 Å². The molecule has 0 saturated carbocycles. The number of nitrogens with zero attached hydrogens (tertiary/aromatic N) is 2. The van der Waals surface area contributed by atoms with Crippen LogP contribution in [0.4, 0.5) is 10.1 Å². The van der Waals surface area contributed by atoms with Gasteiger partial charge in [-0.1, -0.05) is 59.6 Å². The second-order valence-corrected chi connectivity index (χ2v) is 11.3. The Kier molecular flexibility index (Phi) is 10.1. The number of rotatable bonds is 11. The van der Waals surface area contributed by atoms with E-state index in [4.69, 9.17) is 23.2 Å². The summed E-state index contributed by atoms with van der Waals surface area (Å²) in [7, 11) is -3.95. The highest BCUT2D eigenvalue weighted by Gasteiger charge is 2.33. The van der Waals surface area contributed by atoms with Gasteiger partial charge in [0.2, 0.25) is 21.8 Å². The summed E-state index contributed by atoms with van der Waals surface area (Å²) in [5, 5.41) is 3.35. The van der Waals surface area contributed by atoms with Crippen molar-refractivity contribution >= 4 is 50.7 Å². The van der Waals surface area contributed by atoms with Gasteiger partial charge in [0.05, 0.1) is 11.9 Å². The van der Waals surface area contributed by atoms with Crippen LogP contribution in [-0.2, 0) is 32.6 Å². The summed E-state index contributed by atoms with van der Waals surface area (Å²) in [6.45, 7) is 1.31. The minimum atomic E-state index is -3.95. The Morgan fingerprint density at radius 2 is 1.55 bits per heavy atom. The summed E-state index contributed by atoms with van der Waals surface area (Å²) in [5.74, 6) is -1.63. The van der Waals surface area contributed by atoms with E-state index in [9.17, 15) is 22.4 Å². The first kappa shape index (κ1) is 29.4. The molecule has 3 aromatic rings. The van der Waals surface area contributed by atoms with Crippen LogP contribution in [0.5, 0.6) is 0 Å². The molecule has 0 aromatic heterocycles. The van der Waals surface area contributed by atoms with E-state index in [0.717, 1.165) is 28.3 Å². The van der Waals surface area contributed by atoms with Gasteiger partial charge in [-0.3, -0.25) is 13.9 Å². The fourth-order valence-electron chi connectivity index (χ4n) is 3.92. The Morgan fingerprint density at radius 1 is 0.947 bits per heavy atom. The zero-order valence-corrected chi connectivity index (χ0v) is 23.2. The molecule has 0 aliphatic heterocycles. The van der Waals surface area contributed by atoms with Gasteiger partial charge in [0, 0.05) is 35.1 Å². The van der Waals surface area contributed by atoms with Crippen molar-refractivity contribution in [2.75, 3.05) is 23.7 Å². The number of sulfonamides is 1. The van der Waals surface area contributed by atoms with Crippen molar-refractivity contribution < 1.29 is 22.4 Å². The van der Waals surface area contributed by atoms with Crippen LogP contribution in [0.2, 0.25) is 10.0 Å². The molecule has 0 radical (unpaired) electrons. The molecule has 0 bridgehead atoms. The van der Waals surface area contributed by atoms with Crippen LogP contribution in [0.25, 0.3) is 0 Å². The lowest BCUT2D eigenvalue weighted by atomic mass is 10.0. The van der Waals surface area contributed by atoms with Gasteiger partial charge in [-0.05, 0) is 48.9 Å². The third-order valence-corrected chi connectivity index (χ3v) is 7.65. The van der Waals surface area contributed by atoms with Gasteiger partial charge in [0.1, 0.15) is 18.4 Å². The van der Waals surface area contributed by atoms with Gasteiger partial charge in [0.25, 0.3) is 0 Å². The van der Waals surface area contributed by atoms with Gasteiger partial charge in [-0.25, -0.2) is 12.8 Å². The predicted octanol–water partition coefficient (Wildman–Crippen LogP) is 4.67. The summed E-state index contributed by atoms with van der Waals surface area (Å²) in [5.41, 5.74) is 1.32. The molecule has 2 amide bonds. The molecular formula is C27H28Cl2FN3O4S. The predicted molar refractivity (Wildman–Crippen MR) is 148 cm³/mol. The normalized spacial score (nSPS) is 12.0. The molecule has 0 unspecified atom stereocenters. The summed E-state index contributed by atoms with van der Waals surface area (Å²) >= 11 is 12.8. The highest BCUT2D eigenvalue weighted by Crippen LogP contribution is 2.28. The second-order valence-electron chi connectivity index (χ2n) is 8.57. The maximum absolute atomic E-state index is 13.9. The van der Waals surface area contributed by atoms with Crippen molar-refractivity contribution in [3.05, 3.63) is 99.8 Å². The molecular weight excluding hydrogens is 552 g/mol. The Balaban J connectivity index is 2.08. The molecule has 1 N–H and O–H groups in total. The monoisotopic (exact) mass is 579 g/mol. The van der Waals surface area contributed by atoms with E-state index >= 15 is 0 Å². The Morgan fingerprint density at radius 3 is 2.11 bits per heavy atom. The molecule has 0 spiro atoms. The second kappa shape index (κ2) is 13.1. The number of carbonyl (C=O) groups is 2. The third-order valence-electron chi connectivity index (χ3n) is 5.81. The van der Waals surface area contributed by atoms with Crippen molar-refractivity contribution in [2.24, 2.45) is 0 Å². The molecule has 0 heterocycles. The van der Waals surface area contributed by atoms with Crippen molar-refractivity contribution in [1.82, 2.24) is 10.2 Å². The lowest BCUT2D eigenvalue weighted by molar-refractivity contribution is -0.140. The van der Waals surface area contributed by atoms with Crippen molar-refractivity contribution in [3.8, 4) is 0 Å². The summed E-state index contributed by atoms with van der Waals surface area (Å²) < 4.78 is 39.7. The van der Waals surface area contributed by atoms with Crippen molar-refractivity contribution in [3.63, 3.8) is 0 Å². The Bertz CT molecular complexity index is 1350. The number of halogens is 3. The number of carbonyl (C=O) groups excluding carboxylic acids is 2. The first-order valence-corrected chi connectivity index (χ1v) is 14.4. The van der Waals surface area contributed by atoms with Gasteiger partial charge in [0.15, 0.2) is 0 Å². The fraction of sp³-hybridized carbons (Fsp3) is 0.259. The summed E-state index contributed by atoms with van der Waals surface area (Å²) in [4.78, 5) is 28.5. The first-order chi connectivity index (χ1) is 18.0. The fourth-order valence-corrected chi connectivity index (χ4v) is 5.29. The lowest BCUT2D eigenvalue weighted by Gasteiger charge is -2.33. The number of benzene rings is 3. The van der Waals surface area contributed by atoms with Crippen molar-refractivity contribution in [2.45, 2.75) is 25.9 Å². The van der Waals surface area contributed by atoms with Crippen LogP contribution in [0.3, 0.4) is 0 Å². The molecule has 7 nitrogen and oxygen atoms in total. The number of likely N-dealkylation sites (N-methyl/N-ethyl adjacent to an activating group) is 1.